The lowest BCUT2D eigenvalue weighted by molar-refractivity contribution is -0.149. The number of anilines is 1. The molecule has 0 aromatic carbocycles. The standard InChI is InChI=1S/C12H17BrN2O2S/c1-3-17-11(16)9-4-5-15(8(2)6-9)12-14-10(13)7-18-12/h7-9H,3-6H2,1-2H3. The number of hydrogen-bond donors (Lipinski definition) is 0. The van der Waals surface area contributed by atoms with E-state index in [2.05, 4.69) is 32.7 Å². The summed E-state index contributed by atoms with van der Waals surface area (Å²) < 4.78 is 5.97. The summed E-state index contributed by atoms with van der Waals surface area (Å²) in [7, 11) is 0. The Morgan fingerprint density at radius 3 is 3.06 bits per heavy atom. The molecule has 0 spiro atoms. The smallest absolute Gasteiger partial charge is 0.309 e. The Kier molecular flexibility index (Phi) is 4.61. The van der Waals surface area contributed by atoms with Crippen LogP contribution in [0, 0.1) is 5.92 Å². The fourth-order valence-corrected chi connectivity index (χ4v) is 3.69. The third-order valence-electron chi connectivity index (χ3n) is 3.21. The third-order valence-corrected chi connectivity index (χ3v) is 4.79. The number of piperidine rings is 1. The number of esters is 1. The van der Waals surface area contributed by atoms with Gasteiger partial charge in [-0.15, -0.1) is 11.3 Å². The Morgan fingerprint density at radius 2 is 2.50 bits per heavy atom. The molecule has 0 radical (unpaired) electrons. The molecule has 6 heteroatoms. The number of thiazole rings is 1. The van der Waals surface area contributed by atoms with Gasteiger partial charge in [0, 0.05) is 18.0 Å². The molecule has 0 saturated carbocycles. The Morgan fingerprint density at radius 1 is 1.72 bits per heavy atom. The van der Waals surface area contributed by atoms with Gasteiger partial charge in [-0.25, -0.2) is 4.98 Å². The highest BCUT2D eigenvalue weighted by Gasteiger charge is 2.31. The number of rotatable bonds is 3. The molecule has 0 amide bonds. The van der Waals surface area contributed by atoms with Gasteiger partial charge in [-0.2, -0.15) is 0 Å². The minimum atomic E-state index is -0.0516. The van der Waals surface area contributed by atoms with Gasteiger partial charge < -0.3 is 9.64 Å². The number of hydrogen-bond acceptors (Lipinski definition) is 5. The fraction of sp³-hybridized carbons (Fsp3) is 0.667. The topological polar surface area (TPSA) is 42.4 Å². The van der Waals surface area contributed by atoms with Crippen molar-refractivity contribution >= 4 is 38.4 Å². The molecular weight excluding hydrogens is 316 g/mol. The van der Waals surface area contributed by atoms with Crippen molar-refractivity contribution < 1.29 is 9.53 Å². The fourth-order valence-electron chi connectivity index (χ4n) is 2.31. The molecule has 2 unspecified atom stereocenters. The maximum absolute atomic E-state index is 11.7. The van der Waals surface area contributed by atoms with Crippen LogP contribution in [0.3, 0.4) is 0 Å². The van der Waals surface area contributed by atoms with Crippen LogP contribution in [-0.2, 0) is 9.53 Å². The molecule has 0 N–H and O–H groups in total. The molecule has 1 saturated heterocycles. The van der Waals surface area contributed by atoms with Crippen molar-refractivity contribution in [2.24, 2.45) is 5.92 Å². The zero-order valence-corrected chi connectivity index (χ0v) is 13.0. The number of nitrogens with zero attached hydrogens (tertiary/aromatic N) is 2. The quantitative estimate of drug-likeness (QED) is 0.798. The van der Waals surface area contributed by atoms with Crippen LogP contribution in [0.5, 0.6) is 0 Å². The molecule has 18 heavy (non-hydrogen) atoms. The minimum absolute atomic E-state index is 0.0413. The SMILES string of the molecule is CCOC(=O)C1CCN(c2nc(Br)cs2)C(C)C1. The van der Waals surface area contributed by atoms with Crippen molar-refractivity contribution in [2.45, 2.75) is 32.7 Å². The molecule has 100 valence electrons. The second-order valence-electron chi connectivity index (χ2n) is 4.47. The summed E-state index contributed by atoms with van der Waals surface area (Å²) in [6.45, 7) is 5.32. The number of aromatic nitrogens is 1. The monoisotopic (exact) mass is 332 g/mol. The lowest BCUT2D eigenvalue weighted by Crippen LogP contribution is -2.43. The van der Waals surface area contributed by atoms with Gasteiger partial charge >= 0.3 is 5.97 Å². The van der Waals surface area contributed by atoms with Crippen molar-refractivity contribution in [3.05, 3.63) is 9.98 Å². The van der Waals surface area contributed by atoms with Gasteiger partial charge in [0.05, 0.1) is 12.5 Å². The van der Waals surface area contributed by atoms with Crippen LogP contribution in [0.25, 0.3) is 0 Å². The molecule has 0 bridgehead atoms. The van der Waals surface area contributed by atoms with Crippen molar-refractivity contribution in [2.75, 3.05) is 18.1 Å². The number of halogens is 1. The molecule has 1 fully saturated rings. The summed E-state index contributed by atoms with van der Waals surface area (Å²) in [6, 6.07) is 0.325. The van der Waals surface area contributed by atoms with Crippen molar-refractivity contribution in [3.63, 3.8) is 0 Å². The first-order valence-corrected chi connectivity index (χ1v) is 7.83. The normalized spacial score (nSPS) is 24.1. The van der Waals surface area contributed by atoms with Crippen LogP contribution in [0.2, 0.25) is 0 Å². The second-order valence-corrected chi connectivity index (χ2v) is 6.12. The minimum Gasteiger partial charge on any atom is -0.466 e. The van der Waals surface area contributed by atoms with E-state index < -0.39 is 0 Å². The van der Waals surface area contributed by atoms with Gasteiger partial charge in [-0.05, 0) is 42.6 Å². The number of carbonyl (C=O) groups excluding carboxylic acids is 1. The highest BCUT2D eigenvalue weighted by Crippen LogP contribution is 2.31. The number of carbonyl (C=O) groups is 1. The highest BCUT2D eigenvalue weighted by molar-refractivity contribution is 9.10. The molecule has 1 aliphatic rings. The molecule has 2 atom stereocenters. The third kappa shape index (κ3) is 3.03. The van der Waals surface area contributed by atoms with Crippen molar-refractivity contribution in [1.82, 2.24) is 4.98 Å². The first-order valence-electron chi connectivity index (χ1n) is 6.16. The van der Waals surface area contributed by atoms with E-state index in [0.717, 1.165) is 29.1 Å². The Labute approximate surface area is 119 Å². The van der Waals surface area contributed by atoms with E-state index in [4.69, 9.17) is 4.74 Å². The summed E-state index contributed by atoms with van der Waals surface area (Å²) in [6.07, 6.45) is 1.69. The molecule has 1 aromatic heterocycles. The lowest BCUT2D eigenvalue weighted by atomic mass is 9.92. The van der Waals surface area contributed by atoms with Gasteiger partial charge in [0.1, 0.15) is 4.60 Å². The van der Waals surface area contributed by atoms with E-state index in [-0.39, 0.29) is 11.9 Å². The summed E-state index contributed by atoms with van der Waals surface area (Å²) in [5.74, 6) is -0.0103. The molecular formula is C12H17BrN2O2S. The van der Waals surface area contributed by atoms with E-state index >= 15 is 0 Å². The van der Waals surface area contributed by atoms with E-state index in [0.29, 0.717) is 12.6 Å². The van der Waals surface area contributed by atoms with Gasteiger partial charge in [-0.3, -0.25) is 4.79 Å². The molecule has 4 nitrogen and oxygen atoms in total. The van der Waals surface area contributed by atoms with Crippen molar-refractivity contribution in [1.29, 1.82) is 0 Å². The molecule has 1 aliphatic heterocycles. The van der Waals surface area contributed by atoms with Crippen molar-refractivity contribution in [3.8, 4) is 0 Å². The van der Waals surface area contributed by atoms with Crippen LogP contribution in [-0.4, -0.2) is 30.1 Å². The second kappa shape index (κ2) is 6.02. The van der Waals surface area contributed by atoms with Crippen LogP contribution >= 0.6 is 27.3 Å². The Balaban J connectivity index is 1.98. The maximum atomic E-state index is 11.7. The first kappa shape index (κ1) is 13.8. The summed E-state index contributed by atoms with van der Waals surface area (Å²) in [4.78, 5) is 18.4. The van der Waals surface area contributed by atoms with Gasteiger partial charge in [-0.1, -0.05) is 0 Å². The van der Waals surface area contributed by atoms with E-state index in [1.807, 2.05) is 12.3 Å². The summed E-state index contributed by atoms with van der Waals surface area (Å²) in [5.41, 5.74) is 0. The molecule has 0 aliphatic carbocycles. The van der Waals surface area contributed by atoms with E-state index in [1.165, 1.54) is 0 Å². The first-order chi connectivity index (χ1) is 8.61. The summed E-state index contributed by atoms with van der Waals surface area (Å²) in [5, 5.41) is 3.01. The van der Waals surface area contributed by atoms with Gasteiger partial charge in [0.15, 0.2) is 5.13 Å². The van der Waals surface area contributed by atoms with E-state index in [1.54, 1.807) is 11.3 Å². The Bertz CT molecular complexity index is 424. The van der Waals surface area contributed by atoms with Crippen LogP contribution in [0.1, 0.15) is 26.7 Å². The van der Waals surface area contributed by atoms with Crippen LogP contribution < -0.4 is 4.90 Å². The summed E-state index contributed by atoms with van der Waals surface area (Å²) >= 11 is 5.00. The maximum Gasteiger partial charge on any atom is 0.309 e. The van der Waals surface area contributed by atoms with Crippen LogP contribution in [0.4, 0.5) is 5.13 Å². The van der Waals surface area contributed by atoms with Gasteiger partial charge in [0.2, 0.25) is 0 Å². The van der Waals surface area contributed by atoms with Crippen LogP contribution in [0.15, 0.2) is 9.98 Å². The highest BCUT2D eigenvalue weighted by atomic mass is 79.9. The Hall–Kier alpha value is -0.620. The zero-order valence-electron chi connectivity index (χ0n) is 10.6. The van der Waals surface area contributed by atoms with E-state index in [9.17, 15) is 4.79 Å². The predicted molar refractivity (Wildman–Crippen MR) is 76.0 cm³/mol. The lowest BCUT2D eigenvalue weighted by Gasteiger charge is -2.36. The molecule has 1 aromatic rings. The average molecular weight is 333 g/mol. The average Bonchev–Trinajstić information content (AvgIpc) is 2.76. The number of ether oxygens (including phenoxy) is 1. The molecule has 2 heterocycles. The largest absolute Gasteiger partial charge is 0.466 e. The zero-order chi connectivity index (χ0) is 13.1. The predicted octanol–water partition coefficient (Wildman–Crippen LogP) is 3.07. The molecule has 2 rings (SSSR count). The van der Waals surface area contributed by atoms with Gasteiger partial charge in [0.25, 0.3) is 0 Å².